The van der Waals surface area contributed by atoms with Crippen LogP contribution in [0, 0.1) is 56.7 Å². The van der Waals surface area contributed by atoms with Gasteiger partial charge in [-0.15, -0.1) is 0 Å². The van der Waals surface area contributed by atoms with Crippen LogP contribution < -0.4 is 0 Å². The van der Waals surface area contributed by atoms with E-state index in [9.17, 15) is 19.8 Å². The van der Waals surface area contributed by atoms with Crippen molar-refractivity contribution in [2.45, 2.75) is 118 Å². The SMILES string of the molecule is CCC1(C)C(O)CCC2(C)C1CCC1(C)C2CCC2C3C(C(C)=O)CCC3(C(=O)O)CCC21C. The van der Waals surface area contributed by atoms with E-state index < -0.39 is 11.4 Å². The predicted molar refractivity (Wildman–Crippen MR) is 133 cm³/mol. The van der Waals surface area contributed by atoms with Gasteiger partial charge >= 0.3 is 5.97 Å². The monoisotopic (exact) mass is 472 g/mol. The van der Waals surface area contributed by atoms with E-state index in [1.165, 1.54) is 6.42 Å². The average Bonchev–Trinajstić information content (AvgIpc) is 3.18. The number of hydrogen-bond acceptors (Lipinski definition) is 3. The second-order valence-electron chi connectivity index (χ2n) is 14.3. The Morgan fingerprint density at radius 2 is 1.53 bits per heavy atom. The Kier molecular flexibility index (Phi) is 5.51. The first-order valence-electron chi connectivity index (χ1n) is 14.2. The van der Waals surface area contributed by atoms with Gasteiger partial charge in [0.1, 0.15) is 5.78 Å². The van der Waals surface area contributed by atoms with Gasteiger partial charge in [0.15, 0.2) is 0 Å². The summed E-state index contributed by atoms with van der Waals surface area (Å²) < 4.78 is 0. The van der Waals surface area contributed by atoms with E-state index in [0.29, 0.717) is 24.2 Å². The molecule has 11 atom stereocenters. The van der Waals surface area contributed by atoms with E-state index in [4.69, 9.17) is 0 Å². The quantitative estimate of drug-likeness (QED) is 0.492. The molecule has 5 aliphatic rings. The lowest BCUT2D eigenvalue weighted by molar-refractivity contribution is -0.251. The Morgan fingerprint density at radius 1 is 0.824 bits per heavy atom. The lowest BCUT2D eigenvalue weighted by Gasteiger charge is -2.72. The Hall–Kier alpha value is -0.900. The molecule has 0 aromatic rings. The zero-order valence-electron chi connectivity index (χ0n) is 22.5. The standard InChI is InChI=1S/C30H48O4/c1-7-26(3)21-11-14-29(6)22(27(21,4)13-12-23(26)32)9-8-20-24-19(18(2)31)10-15-30(24,25(33)34)17-16-28(20,29)5/h19-24,32H,7-17H2,1-6H3,(H,33,34). The number of fused-ring (bicyclic) bond motifs is 7. The van der Waals surface area contributed by atoms with Crippen LogP contribution in [-0.4, -0.2) is 28.1 Å². The molecule has 0 bridgehead atoms. The number of aliphatic carboxylic acids is 1. The number of carbonyl (C=O) groups excluding carboxylic acids is 1. The van der Waals surface area contributed by atoms with E-state index in [-0.39, 0.29) is 45.4 Å². The minimum atomic E-state index is -0.694. The Labute approximate surface area is 206 Å². The van der Waals surface area contributed by atoms with Crippen molar-refractivity contribution in [2.75, 3.05) is 0 Å². The Balaban J connectivity index is 1.56. The molecule has 11 unspecified atom stereocenters. The molecule has 5 fully saturated rings. The number of carbonyl (C=O) groups is 2. The van der Waals surface area contributed by atoms with Crippen LogP contribution in [0.3, 0.4) is 0 Å². The molecule has 0 saturated heterocycles. The molecule has 0 aromatic heterocycles. The molecule has 192 valence electrons. The highest BCUT2D eigenvalue weighted by Gasteiger charge is 2.72. The van der Waals surface area contributed by atoms with Crippen molar-refractivity contribution < 1.29 is 19.8 Å². The van der Waals surface area contributed by atoms with Gasteiger partial charge in [-0.1, -0.05) is 34.6 Å². The summed E-state index contributed by atoms with van der Waals surface area (Å²) in [5.74, 6) is 0.950. The van der Waals surface area contributed by atoms with Crippen molar-refractivity contribution in [2.24, 2.45) is 56.7 Å². The van der Waals surface area contributed by atoms with Gasteiger partial charge in [0.2, 0.25) is 0 Å². The maximum absolute atomic E-state index is 12.8. The number of aliphatic hydroxyl groups excluding tert-OH is 1. The normalized spacial score (nSPS) is 56.6. The van der Waals surface area contributed by atoms with Gasteiger partial charge in [0.25, 0.3) is 0 Å². The molecule has 5 aliphatic carbocycles. The molecular weight excluding hydrogens is 424 g/mol. The van der Waals surface area contributed by atoms with Gasteiger partial charge in [0.05, 0.1) is 11.5 Å². The maximum Gasteiger partial charge on any atom is 0.309 e. The van der Waals surface area contributed by atoms with Crippen LogP contribution >= 0.6 is 0 Å². The molecule has 0 aliphatic heterocycles. The van der Waals surface area contributed by atoms with Gasteiger partial charge in [-0.05, 0) is 123 Å². The van der Waals surface area contributed by atoms with E-state index in [1.54, 1.807) is 6.92 Å². The Morgan fingerprint density at radius 3 is 2.15 bits per heavy atom. The molecule has 0 aromatic carbocycles. The summed E-state index contributed by atoms with van der Waals surface area (Å²) in [4.78, 5) is 25.5. The summed E-state index contributed by atoms with van der Waals surface area (Å²) in [7, 11) is 0. The molecule has 5 rings (SSSR count). The van der Waals surface area contributed by atoms with Crippen LogP contribution in [0.2, 0.25) is 0 Å². The van der Waals surface area contributed by atoms with Crippen molar-refractivity contribution in [1.29, 1.82) is 0 Å². The zero-order valence-corrected chi connectivity index (χ0v) is 22.5. The number of aliphatic hydroxyl groups is 1. The van der Waals surface area contributed by atoms with Crippen molar-refractivity contribution >= 4 is 11.8 Å². The van der Waals surface area contributed by atoms with Crippen molar-refractivity contribution in [1.82, 2.24) is 0 Å². The van der Waals surface area contributed by atoms with E-state index >= 15 is 0 Å². The first-order chi connectivity index (χ1) is 15.8. The number of ketones is 1. The fraction of sp³-hybridized carbons (Fsp3) is 0.933. The highest BCUT2D eigenvalue weighted by Crippen LogP contribution is 2.77. The predicted octanol–water partition coefficient (Wildman–Crippen LogP) is 6.49. The molecule has 4 heteroatoms. The molecule has 5 saturated carbocycles. The summed E-state index contributed by atoms with van der Waals surface area (Å²) in [6.07, 6.45) is 10.5. The minimum Gasteiger partial charge on any atom is -0.481 e. The van der Waals surface area contributed by atoms with Gasteiger partial charge < -0.3 is 10.2 Å². The average molecular weight is 473 g/mol. The van der Waals surface area contributed by atoms with E-state index in [1.807, 2.05) is 0 Å². The third kappa shape index (κ3) is 2.76. The lowest BCUT2D eigenvalue weighted by atomic mass is 9.32. The smallest absolute Gasteiger partial charge is 0.309 e. The van der Waals surface area contributed by atoms with Crippen LogP contribution in [0.25, 0.3) is 0 Å². The van der Waals surface area contributed by atoms with Crippen LogP contribution in [0.4, 0.5) is 0 Å². The zero-order chi connectivity index (χ0) is 24.9. The fourth-order valence-electron chi connectivity index (χ4n) is 11.7. The van der Waals surface area contributed by atoms with Crippen LogP contribution in [0.15, 0.2) is 0 Å². The lowest BCUT2D eigenvalue weighted by Crippen LogP contribution is -2.67. The van der Waals surface area contributed by atoms with Crippen molar-refractivity contribution in [3.63, 3.8) is 0 Å². The first-order valence-corrected chi connectivity index (χ1v) is 14.2. The number of hydrogen-bond donors (Lipinski definition) is 2. The number of Topliss-reactive ketones (excluding diaryl/α,β-unsaturated/α-hetero) is 1. The molecule has 0 amide bonds. The second kappa shape index (κ2) is 7.56. The van der Waals surface area contributed by atoms with Crippen LogP contribution in [-0.2, 0) is 9.59 Å². The van der Waals surface area contributed by atoms with Crippen molar-refractivity contribution in [3.05, 3.63) is 0 Å². The van der Waals surface area contributed by atoms with Crippen LogP contribution in [0.1, 0.15) is 112 Å². The summed E-state index contributed by atoms with van der Waals surface area (Å²) in [5.41, 5.74) is -0.248. The number of carboxylic acids is 1. The van der Waals surface area contributed by atoms with E-state index in [0.717, 1.165) is 57.8 Å². The fourth-order valence-corrected chi connectivity index (χ4v) is 11.7. The number of rotatable bonds is 3. The van der Waals surface area contributed by atoms with Gasteiger partial charge in [-0.2, -0.15) is 0 Å². The van der Waals surface area contributed by atoms with E-state index in [2.05, 4.69) is 34.6 Å². The van der Waals surface area contributed by atoms with Gasteiger partial charge in [0, 0.05) is 5.92 Å². The maximum atomic E-state index is 12.8. The topological polar surface area (TPSA) is 74.6 Å². The molecular formula is C30H48O4. The first kappa shape index (κ1) is 24.8. The summed E-state index contributed by atoms with van der Waals surface area (Å²) in [5, 5.41) is 21.5. The van der Waals surface area contributed by atoms with Gasteiger partial charge in [-0.3, -0.25) is 9.59 Å². The highest BCUT2D eigenvalue weighted by atomic mass is 16.4. The molecule has 0 radical (unpaired) electrons. The van der Waals surface area contributed by atoms with Gasteiger partial charge in [-0.25, -0.2) is 0 Å². The second-order valence-corrected chi connectivity index (χ2v) is 14.3. The molecule has 0 heterocycles. The summed E-state index contributed by atoms with van der Waals surface area (Å²) in [6, 6.07) is 0. The molecule has 4 nitrogen and oxygen atoms in total. The largest absolute Gasteiger partial charge is 0.481 e. The Bertz CT molecular complexity index is 883. The van der Waals surface area contributed by atoms with Crippen molar-refractivity contribution in [3.8, 4) is 0 Å². The van der Waals surface area contributed by atoms with Crippen LogP contribution in [0.5, 0.6) is 0 Å². The summed E-state index contributed by atoms with van der Waals surface area (Å²) in [6.45, 7) is 13.9. The highest BCUT2D eigenvalue weighted by molar-refractivity contribution is 5.83. The summed E-state index contributed by atoms with van der Waals surface area (Å²) >= 11 is 0. The molecule has 0 spiro atoms. The molecule has 34 heavy (non-hydrogen) atoms. The number of carboxylic acid groups (broad SMARTS) is 1. The minimum absolute atomic E-state index is 0.00126. The third-order valence-electron chi connectivity index (χ3n) is 13.9. The molecule has 2 N–H and O–H groups in total. The third-order valence-corrected chi connectivity index (χ3v) is 13.9.